The first-order chi connectivity index (χ1) is 18.9. The van der Waals surface area contributed by atoms with E-state index in [2.05, 4.69) is 22.8 Å². The molecule has 40 heavy (non-hydrogen) atoms. The minimum Gasteiger partial charge on any atom is -0.487 e. The fourth-order valence-electron chi connectivity index (χ4n) is 7.79. The number of rotatable bonds is 5. The molecule has 2 aromatic carbocycles. The molecule has 10 heteroatoms. The van der Waals surface area contributed by atoms with E-state index in [1.54, 1.807) is 18.0 Å². The molecule has 212 valence electrons. The summed E-state index contributed by atoms with van der Waals surface area (Å²) < 4.78 is 54.9. The van der Waals surface area contributed by atoms with Crippen molar-refractivity contribution in [2.75, 3.05) is 20.6 Å². The molecule has 1 saturated carbocycles. The second kappa shape index (κ2) is 9.26. The predicted octanol–water partition coefficient (Wildman–Crippen LogP) is 4.48. The lowest BCUT2D eigenvalue weighted by Gasteiger charge is -2.65. The van der Waals surface area contributed by atoms with Gasteiger partial charge in [-0.1, -0.05) is 24.3 Å². The highest BCUT2D eigenvalue weighted by atomic mass is 19.4. The maximum absolute atomic E-state index is 13.4. The summed E-state index contributed by atoms with van der Waals surface area (Å²) in [6, 6.07) is 11.2. The van der Waals surface area contributed by atoms with Crippen molar-refractivity contribution >= 4 is 18.0 Å². The zero-order chi connectivity index (χ0) is 28.4. The van der Waals surface area contributed by atoms with E-state index >= 15 is 0 Å². The van der Waals surface area contributed by atoms with Gasteiger partial charge in [0.15, 0.2) is 0 Å². The van der Waals surface area contributed by atoms with Crippen LogP contribution in [0.3, 0.4) is 0 Å². The van der Waals surface area contributed by atoms with E-state index in [0.29, 0.717) is 18.4 Å². The lowest BCUT2D eigenvalue weighted by atomic mass is 9.48. The molecule has 2 aromatic rings. The number of ether oxygens (including phenoxy) is 3. The van der Waals surface area contributed by atoms with Crippen LogP contribution in [-0.2, 0) is 26.2 Å². The van der Waals surface area contributed by atoms with Gasteiger partial charge < -0.3 is 19.1 Å². The second-order valence-electron chi connectivity index (χ2n) is 11.2. The Bertz CT molecular complexity index is 1390. The minimum atomic E-state index is -4.80. The van der Waals surface area contributed by atoms with Gasteiger partial charge in [0.1, 0.15) is 23.2 Å². The minimum absolute atomic E-state index is 0.00912. The summed E-state index contributed by atoms with van der Waals surface area (Å²) >= 11 is 0. The van der Waals surface area contributed by atoms with Crippen molar-refractivity contribution in [2.24, 2.45) is 0 Å². The molecule has 2 heterocycles. The van der Waals surface area contributed by atoms with Crippen LogP contribution in [0.4, 0.5) is 13.2 Å². The Kier molecular flexibility index (Phi) is 6.18. The lowest BCUT2D eigenvalue weighted by Crippen LogP contribution is -2.78. The van der Waals surface area contributed by atoms with E-state index in [4.69, 9.17) is 9.47 Å². The van der Waals surface area contributed by atoms with Crippen LogP contribution < -0.4 is 9.47 Å². The number of amides is 1. The van der Waals surface area contributed by atoms with Gasteiger partial charge in [0.25, 0.3) is 0 Å². The van der Waals surface area contributed by atoms with Crippen LogP contribution >= 0.6 is 0 Å². The molecule has 0 aromatic heterocycles. The largest absolute Gasteiger partial charge is 0.573 e. The highest BCUT2D eigenvalue weighted by Crippen LogP contribution is 2.65. The quantitative estimate of drug-likeness (QED) is 0.400. The molecule has 2 aliphatic heterocycles. The lowest BCUT2D eigenvalue weighted by molar-refractivity contribution is -0.274. The van der Waals surface area contributed by atoms with Gasteiger partial charge in [0.2, 0.25) is 5.91 Å². The molecule has 1 saturated heterocycles. The van der Waals surface area contributed by atoms with Crippen molar-refractivity contribution in [3.8, 4) is 11.5 Å². The third kappa shape index (κ3) is 3.98. The van der Waals surface area contributed by atoms with Crippen LogP contribution in [-0.4, -0.2) is 72.5 Å². The van der Waals surface area contributed by atoms with Gasteiger partial charge in [0, 0.05) is 25.6 Å². The van der Waals surface area contributed by atoms with Crippen LogP contribution in [0.15, 0.2) is 48.5 Å². The number of esters is 1. The van der Waals surface area contributed by atoms with Crippen LogP contribution in [0.5, 0.6) is 11.5 Å². The van der Waals surface area contributed by atoms with Crippen molar-refractivity contribution in [1.29, 1.82) is 0 Å². The van der Waals surface area contributed by atoms with E-state index in [0.717, 1.165) is 30.7 Å². The van der Waals surface area contributed by atoms with Crippen molar-refractivity contribution in [3.05, 3.63) is 65.2 Å². The van der Waals surface area contributed by atoms with Crippen molar-refractivity contribution in [1.82, 2.24) is 9.80 Å². The molecule has 4 aliphatic rings. The first-order valence-corrected chi connectivity index (χ1v) is 13.4. The van der Waals surface area contributed by atoms with Crippen LogP contribution in [0.2, 0.25) is 0 Å². The Labute approximate surface area is 230 Å². The van der Waals surface area contributed by atoms with E-state index in [1.807, 2.05) is 12.1 Å². The Morgan fingerprint density at radius 3 is 2.70 bits per heavy atom. The summed E-state index contributed by atoms with van der Waals surface area (Å²) in [6.07, 6.45) is 0.234. The average Bonchev–Trinajstić information content (AvgIpc) is 3.23. The maximum atomic E-state index is 13.4. The predicted molar refractivity (Wildman–Crippen MR) is 140 cm³/mol. The zero-order valence-corrected chi connectivity index (χ0v) is 22.5. The van der Waals surface area contributed by atoms with Crippen molar-refractivity contribution in [3.63, 3.8) is 0 Å². The van der Waals surface area contributed by atoms with Crippen molar-refractivity contribution in [2.45, 2.75) is 68.2 Å². The van der Waals surface area contributed by atoms with E-state index < -0.39 is 23.5 Å². The molecular weight excluding hydrogens is 525 g/mol. The second-order valence-corrected chi connectivity index (χ2v) is 11.2. The Hall–Kier alpha value is -3.53. The topological polar surface area (TPSA) is 68.3 Å². The third-order valence-corrected chi connectivity index (χ3v) is 9.24. The van der Waals surface area contributed by atoms with E-state index in [9.17, 15) is 22.8 Å². The molecular formula is C30H31F3N2O5. The van der Waals surface area contributed by atoms with Gasteiger partial charge in [-0.15, -0.1) is 13.2 Å². The van der Waals surface area contributed by atoms with Crippen LogP contribution in [0, 0.1) is 0 Å². The third-order valence-electron chi connectivity index (χ3n) is 9.24. The fourth-order valence-corrected chi connectivity index (χ4v) is 7.79. The molecule has 6 rings (SSSR count). The summed E-state index contributed by atoms with van der Waals surface area (Å²) in [6.45, 7) is 2.26. The number of hydrogen-bond donors (Lipinski definition) is 0. The number of carbonyl (C=O) groups is 2. The Morgan fingerprint density at radius 1 is 1.18 bits per heavy atom. The smallest absolute Gasteiger partial charge is 0.487 e. The van der Waals surface area contributed by atoms with Crippen LogP contribution in [0.1, 0.15) is 42.9 Å². The SMILES string of the molecule is CC(=O)O[C@@]12CC[C@@H](N(C)C(=O)C=Cc3cccc(OC(F)(F)F)c3)[C@@H]3Oc4cccc5c4[C@@]31CCN(C)[C@@H]2C5. The molecule has 5 atom stereocenters. The summed E-state index contributed by atoms with van der Waals surface area (Å²) in [5, 5.41) is 0. The highest BCUT2D eigenvalue weighted by Gasteiger charge is 2.75. The number of benzene rings is 2. The number of piperidine rings is 1. The summed E-state index contributed by atoms with van der Waals surface area (Å²) in [5.41, 5.74) is 1.33. The number of likely N-dealkylation sites (tertiary alicyclic amines) is 1. The van der Waals surface area contributed by atoms with Crippen LogP contribution in [0.25, 0.3) is 6.08 Å². The molecule has 0 N–H and O–H groups in total. The van der Waals surface area contributed by atoms with E-state index in [-0.39, 0.29) is 29.7 Å². The number of halogens is 3. The number of likely N-dealkylation sites (N-methyl/N-ethyl adjacent to an activating group) is 2. The van der Waals surface area contributed by atoms with Gasteiger partial charge in [-0.2, -0.15) is 0 Å². The fraction of sp³-hybridized carbons (Fsp3) is 0.467. The molecule has 1 amide bonds. The Balaban J connectivity index is 1.32. The monoisotopic (exact) mass is 556 g/mol. The standard InChI is InChI=1S/C30H31F3N2O5/c1-18(36)39-29-13-12-22(35(3)25(37)11-10-19-6-4-8-21(16-19)40-30(31,32)33)27-28(29)14-15-34(2)24(29)17-20-7-5-9-23(38-27)26(20)28/h4-11,16,22,24,27H,12-15,17H2,1-3H3/t22-,24-,27+,28+,29-/m1/s1. The average molecular weight is 557 g/mol. The van der Waals surface area contributed by atoms with Gasteiger partial charge in [-0.25, -0.2) is 0 Å². The molecule has 0 unspecified atom stereocenters. The first kappa shape index (κ1) is 26.7. The molecule has 1 spiro atoms. The van der Waals surface area contributed by atoms with Gasteiger partial charge in [-0.05, 0) is 74.7 Å². The molecule has 0 radical (unpaired) electrons. The molecule has 2 fully saturated rings. The van der Waals surface area contributed by atoms with Gasteiger partial charge in [-0.3, -0.25) is 14.5 Å². The molecule has 7 nitrogen and oxygen atoms in total. The number of hydrogen-bond acceptors (Lipinski definition) is 6. The maximum Gasteiger partial charge on any atom is 0.573 e. The zero-order valence-electron chi connectivity index (χ0n) is 22.5. The summed E-state index contributed by atoms with van der Waals surface area (Å²) in [4.78, 5) is 29.9. The van der Waals surface area contributed by atoms with E-state index in [1.165, 1.54) is 42.8 Å². The normalized spacial score (nSPS) is 30.4. The number of nitrogens with zero attached hydrogens (tertiary/aromatic N) is 2. The van der Waals surface area contributed by atoms with Gasteiger partial charge in [0.05, 0.1) is 17.5 Å². The molecule has 2 bridgehead atoms. The number of carbonyl (C=O) groups excluding carboxylic acids is 2. The summed E-state index contributed by atoms with van der Waals surface area (Å²) in [7, 11) is 3.79. The number of alkyl halides is 3. The molecule has 2 aliphatic carbocycles. The van der Waals surface area contributed by atoms with Crippen molar-refractivity contribution < 1.29 is 37.0 Å². The highest BCUT2D eigenvalue weighted by molar-refractivity contribution is 5.92. The Morgan fingerprint density at radius 2 is 1.95 bits per heavy atom. The van der Waals surface area contributed by atoms with Gasteiger partial charge >= 0.3 is 12.3 Å². The first-order valence-electron chi connectivity index (χ1n) is 13.4. The summed E-state index contributed by atoms with van der Waals surface area (Å²) in [5.74, 6) is -0.199.